The molecule has 0 fully saturated rings. The van der Waals surface area contributed by atoms with Crippen molar-refractivity contribution in [3.05, 3.63) is 0 Å². The first kappa shape index (κ1) is 82.7. The molecular weight excluding hydrogens is 394 g/mol. The number of rotatable bonds is 0. The van der Waals surface area contributed by atoms with E-state index in [1.165, 1.54) is 0 Å². The summed E-state index contributed by atoms with van der Waals surface area (Å²) >= 11 is 0. The van der Waals surface area contributed by atoms with Crippen LogP contribution in [0.2, 0.25) is 0 Å². The molecule has 0 nitrogen and oxygen atoms in total. The molecule has 0 saturated heterocycles. The Balaban J connectivity index is -0.00000000294. The van der Waals surface area contributed by atoms with Crippen LogP contribution in [0.1, 0.15) is 52.0 Å². The average Bonchev–Trinajstić information content (AvgIpc) is 1.71. The average molecular weight is 440 g/mol. The molecule has 0 aliphatic carbocycles. The third-order valence-corrected chi connectivity index (χ3v) is 0. The molecule has 0 aromatic carbocycles. The van der Waals surface area contributed by atoms with Gasteiger partial charge in [-0.1, -0.05) is 59.9 Å². The molecule has 0 heterocycles. The molecule has 0 rings (SSSR count). The molecule has 0 spiro atoms. The van der Waals surface area contributed by atoms with Gasteiger partial charge in [0.15, 0.2) is 0 Å². The minimum absolute atomic E-state index is 0. The van der Waals surface area contributed by atoms with Gasteiger partial charge in [0.05, 0.1) is 0 Å². The molecular formula is C7H46P10. The Bertz CT molecular complexity index is 27.9. The Labute approximate surface area is 139 Å². The molecule has 0 aliphatic rings. The first-order valence-corrected chi connectivity index (χ1v) is 15.2. The summed E-state index contributed by atoms with van der Waals surface area (Å²) in [6.07, 6.45) is 0. The smallest absolute Gasteiger partial charge is 0.0500 e. The van der Waals surface area contributed by atoms with Crippen LogP contribution in [0.15, 0.2) is 0 Å². The van der Waals surface area contributed by atoms with E-state index < -0.39 is 0 Å². The van der Waals surface area contributed by atoms with Crippen molar-refractivity contribution < 1.29 is 0 Å². The van der Waals surface area contributed by atoms with Crippen LogP contribution >= 0.6 is 87.3 Å². The quantitative estimate of drug-likeness (QED) is 0.333. The molecule has 124 valence electrons. The van der Waals surface area contributed by atoms with Crippen molar-refractivity contribution in [1.82, 2.24) is 0 Å². The first-order chi connectivity index (χ1) is 4.15. The lowest BCUT2D eigenvalue weighted by Gasteiger charge is -1.81. The van der Waals surface area contributed by atoms with Gasteiger partial charge in [-0.2, -0.15) is 9.90 Å². The maximum absolute atomic E-state index is 2.65. The zero-order valence-electron chi connectivity index (χ0n) is 5.70. The molecule has 8 atom stereocenters. The van der Waals surface area contributed by atoms with Crippen LogP contribution < -0.4 is 0 Å². The molecule has 10 heteroatoms. The monoisotopic (exact) mass is 440 g/mol. The van der Waals surface area contributed by atoms with E-state index in [0.717, 1.165) is 7.96 Å². The first-order valence-electron chi connectivity index (χ1n) is 1.69. The van der Waals surface area contributed by atoms with Crippen LogP contribution in [0.3, 0.4) is 0 Å². The van der Waals surface area contributed by atoms with Crippen LogP contribution in [-0.4, -0.2) is 0 Å². The maximum atomic E-state index is 2.65. The second-order valence-electron chi connectivity index (χ2n) is 0.614. The zero-order valence-corrected chi connectivity index (χ0v) is 17.1. The summed E-state index contributed by atoms with van der Waals surface area (Å²) in [6, 6.07) is 0. The molecule has 0 aliphatic heterocycles. The van der Waals surface area contributed by atoms with Crippen molar-refractivity contribution in [2.75, 3.05) is 0 Å². The maximum Gasteiger partial charge on any atom is -0.0500 e. The van der Waals surface area contributed by atoms with Crippen molar-refractivity contribution in [1.29, 1.82) is 0 Å². The van der Waals surface area contributed by atoms with Crippen molar-refractivity contribution in [2.24, 2.45) is 0 Å². The van der Waals surface area contributed by atoms with E-state index in [9.17, 15) is 0 Å². The van der Waals surface area contributed by atoms with Gasteiger partial charge < -0.3 is 0 Å². The second kappa shape index (κ2) is 110. The van der Waals surface area contributed by atoms with Gasteiger partial charge in [-0.3, -0.25) is 0 Å². The van der Waals surface area contributed by atoms with E-state index in [4.69, 9.17) is 0 Å². The molecule has 0 N–H and O–H groups in total. The largest absolute Gasteiger partial charge is 0.153 e. The Hall–Kier alpha value is 4.30. The molecule has 0 aromatic rings. The minimum atomic E-state index is 0. The Kier molecular flexibility index (Phi) is 534. The second-order valence-corrected chi connectivity index (χ2v) is 16.6. The molecule has 0 radical (unpaired) electrons. The van der Waals surface area contributed by atoms with Crippen molar-refractivity contribution in [3.8, 4) is 0 Å². The highest BCUT2D eigenvalue weighted by Crippen LogP contribution is 2.59. The third-order valence-electron chi connectivity index (χ3n) is 0. The van der Waals surface area contributed by atoms with E-state index in [-0.39, 0.29) is 68.9 Å². The fourth-order valence-corrected chi connectivity index (χ4v) is 0. The van der Waals surface area contributed by atoms with Crippen LogP contribution in [-0.2, 0) is 0 Å². The molecule has 0 bridgehead atoms. The number of hydrogen-bond acceptors (Lipinski definition) is 0. The summed E-state index contributed by atoms with van der Waals surface area (Å²) < 4.78 is 0. The Morgan fingerprint density at radius 1 is 0.588 bits per heavy atom. The van der Waals surface area contributed by atoms with E-state index in [1.54, 1.807) is 0 Å². The number of hydrogen-bond donors (Lipinski definition) is 0. The normalized spacial score (nSPS) is 3.53. The van der Waals surface area contributed by atoms with E-state index in [1.807, 2.05) is 0 Å². The van der Waals surface area contributed by atoms with Gasteiger partial charge in [0.1, 0.15) is 0 Å². The highest BCUT2D eigenvalue weighted by atomic mass is 32.7. The van der Waals surface area contributed by atoms with Crippen molar-refractivity contribution in [2.45, 2.75) is 52.0 Å². The van der Waals surface area contributed by atoms with Gasteiger partial charge in [0.2, 0.25) is 0 Å². The Morgan fingerprint density at radius 3 is 0.588 bits per heavy atom. The minimum Gasteiger partial charge on any atom is -0.153 e. The fraction of sp³-hybridized carbons (Fsp3) is 1.00. The topological polar surface area (TPSA) is 0 Å². The van der Waals surface area contributed by atoms with Gasteiger partial charge in [0.25, 0.3) is 0 Å². The van der Waals surface area contributed by atoms with Gasteiger partial charge in [-0.15, -0.1) is 62.5 Å². The molecule has 0 amide bonds. The van der Waals surface area contributed by atoms with Crippen LogP contribution in [0.5, 0.6) is 0 Å². The predicted molar refractivity (Wildman–Crippen MR) is 141 cm³/mol. The third kappa shape index (κ3) is 368. The summed E-state index contributed by atoms with van der Waals surface area (Å²) in [6.45, 7) is 0.130. The van der Waals surface area contributed by atoms with Crippen LogP contribution in [0.4, 0.5) is 0 Å². The highest BCUT2D eigenvalue weighted by molar-refractivity contribution is 8.65. The van der Waals surface area contributed by atoms with E-state index >= 15 is 0 Å². The molecule has 17 heavy (non-hydrogen) atoms. The highest BCUT2D eigenvalue weighted by Gasteiger charge is 1.66. The lowest BCUT2D eigenvalue weighted by atomic mass is 12.0. The summed E-state index contributed by atoms with van der Waals surface area (Å²) in [5, 5.41) is 0. The fourth-order valence-electron chi connectivity index (χ4n) is 0. The van der Waals surface area contributed by atoms with E-state index in [0.29, 0.717) is 0 Å². The molecule has 0 saturated carbocycles. The lowest BCUT2D eigenvalue weighted by Crippen LogP contribution is -0.870. The van der Waals surface area contributed by atoms with Gasteiger partial charge in [-0.25, -0.2) is 0 Å². The zero-order chi connectivity index (χ0) is 8.28. The van der Waals surface area contributed by atoms with Gasteiger partial charge >= 0.3 is 0 Å². The summed E-state index contributed by atoms with van der Waals surface area (Å²) in [5.74, 6) is 0. The Morgan fingerprint density at radius 2 is 0.588 bits per heavy atom. The van der Waals surface area contributed by atoms with Crippen molar-refractivity contribution in [3.63, 3.8) is 0 Å². The molecule has 8 unspecified atom stereocenters. The summed E-state index contributed by atoms with van der Waals surface area (Å²) in [7, 11) is 18.7. The van der Waals surface area contributed by atoms with Crippen LogP contribution in [0, 0.1) is 0 Å². The summed E-state index contributed by atoms with van der Waals surface area (Å²) in [4.78, 5) is 0. The SMILES string of the molecule is C.C.C.C.C.C.C.P.PP.PP(P)P.PPP. The standard InChI is InChI=1S/7CH4.H6P4.H5P3.H4P2.H3P/c;;;;;;;1-4(2)3;1-3-2;1-2;/h7*1H4;1-3H2;3H,1-2H2;1-2H2;1H3. The van der Waals surface area contributed by atoms with Gasteiger partial charge in [0, 0.05) is 0 Å². The summed E-state index contributed by atoms with van der Waals surface area (Å²) in [5.41, 5.74) is 0. The van der Waals surface area contributed by atoms with Crippen LogP contribution in [0.25, 0.3) is 0 Å². The van der Waals surface area contributed by atoms with E-state index in [2.05, 4.69) is 62.5 Å². The molecule has 0 aromatic heterocycles. The lowest BCUT2D eigenvalue weighted by molar-refractivity contribution is 2.50. The predicted octanol–water partition coefficient (Wildman–Crippen LogP) is 8.25. The van der Waals surface area contributed by atoms with Gasteiger partial charge in [-0.05, 0) is 6.99 Å². The van der Waals surface area contributed by atoms with Crippen molar-refractivity contribution >= 4 is 87.3 Å².